The molecule has 150 valence electrons. The van der Waals surface area contributed by atoms with Crippen molar-refractivity contribution in [1.29, 1.82) is 0 Å². The van der Waals surface area contributed by atoms with Gasteiger partial charge in [-0.2, -0.15) is 5.10 Å². The lowest BCUT2D eigenvalue weighted by molar-refractivity contribution is -0.147. The molecule has 0 aliphatic heterocycles. The molecular formula is C19H24N4O5. The van der Waals surface area contributed by atoms with E-state index in [1.54, 1.807) is 58.0 Å². The number of imide groups is 1. The first-order valence-corrected chi connectivity index (χ1v) is 8.69. The van der Waals surface area contributed by atoms with Crippen molar-refractivity contribution in [1.82, 2.24) is 19.7 Å². The van der Waals surface area contributed by atoms with Crippen LogP contribution in [0, 0.1) is 0 Å². The van der Waals surface area contributed by atoms with Gasteiger partial charge in [0.05, 0.1) is 13.2 Å². The Morgan fingerprint density at radius 1 is 1.14 bits per heavy atom. The van der Waals surface area contributed by atoms with E-state index >= 15 is 0 Å². The highest BCUT2D eigenvalue weighted by molar-refractivity contribution is 6.05. The number of ether oxygens (including phenoxy) is 2. The van der Waals surface area contributed by atoms with E-state index in [4.69, 9.17) is 9.47 Å². The van der Waals surface area contributed by atoms with Crippen molar-refractivity contribution in [3.05, 3.63) is 48.5 Å². The molecule has 9 nitrogen and oxygen atoms in total. The second-order valence-electron chi connectivity index (χ2n) is 7.11. The molecule has 2 rings (SSSR count). The van der Waals surface area contributed by atoms with Gasteiger partial charge in [-0.25, -0.2) is 24.2 Å². The second kappa shape index (κ2) is 8.64. The monoisotopic (exact) mass is 388 g/mol. The zero-order valence-electron chi connectivity index (χ0n) is 16.5. The fourth-order valence-electron chi connectivity index (χ4n) is 2.56. The van der Waals surface area contributed by atoms with Gasteiger partial charge in [0.25, 0.3) is 5.91 Å². The van der Waals surface area contributed by atoms with Gasteiger partial charge >= 0.3 is 12.1 Å². The van der Waals surface area contributed by atoms with Crippen LogP contribution in [0.4, 0.5) is 4.79 Å². The smallest absolute Gasteiger partial charge is 0.418 e. The summed E-state index contributed by atoms with van der Waals surface area (Å²) in [5.74, 6) is -1.46. The van der Waals surface area contributed by atoms with Crippen molar-refractivity contribution >= 4 is 18.0 Å². The number of esters is 1. The maximum Gasteiger partial charge on any atom is 0.418 e. The van der Waals surface area contributed by atoms with Crippen molar-refractivity contribution in [2.24, 2.45) is 0 Å². The predicted octanol–water partition coefficient (Wildman–Crippen LogP) is 2.46. The van der Waals surface area contributed by atoms with E-state index in [-0.39, 0.29) is 5.56 Å². The van der Waals surface area contributed by atoms with Crippen LogP contribution in [0.25, 0.3) is 0 Å². The van der Waals surface area contributed by atoms with Gasteiger partial charge < -0.3 is 9.47 Å². The van der Waals surface area contributed by atoms with Crippen LogP contribution in [0.5, 0.6) is 0 Å². The Bertz CT molecular complexity index is 815. The minimum atomic E-state index is -1.31. The zero-order valence-corrected chi connectivity index (χ0v) is 16.5. The molecule has 0 fully saturated rings. The number of rotatable bonds is 5. The van der Waals surface area contributed by atoms with Gasteiger partial charge in [-0.3, -0.25) is 4.79 Å². The Labute approximate surface area is 163 Å². The number of amides is 2. The lowest BCUT2D eigenvalue weighted by atomic mass is 10.1. The molecule has 0 saturated carbocycles. The minimum absolute atomic E-state index is 0.230. The van der Waals surface area contributed by atoms with Gasteiger partial charge in [0.2, 0.25) is 0 Å². The van der Waals surface area contributed by atoms with Crippen LogP contribution in [-0.4, -0.2) is 56.4 Å². The molecule has 2 aromatic rings. The average Bonchev–Trinajstić information content (AvgIpc) is 3.18. The summed E-state index contributed by atoms with van der Waals surface area (Å²) in [5, 5.41) is 4.01. The fourth-order valence-corrected chi connectivity index (χ4v) is 2.56. The number of hydrogen-bond acceptors (Lipinski definition) is 7. The first-order valence-electron chi connectivity index (χ1n) is 8.69. The number of aromatic nitrogens is 3. The third-order valence-electron chi connectivity index (χ3n) is 3.86. The summed E-state index contributed by atoms with van der Waals surface area (Å²) in [6, 6.07) is 6.11. The standard InChI is InChI=1S/C19H24N4O5/c1-13(22-12-20-11-21-22)15(17(25)27-5)23(18(26)28-19(2,3)4)16(24)14-9-7-6-8-10-14/h6-13,15H,1-5H3. The van der Waals surface area contributed by atoms with E-state index < -0.39 is 35.7 Å². The van der Waals surface area contributed by atoms with E-state index in [0.717, 1.165) is 4.90 Å². The summed E-state index contributed by atoms with van der Waals surface area (Å²) in [4.78, 5) is 43.4. The normalized spacial score (nSPS) is 13.3. The van der Waals surface area contributed by atoms with Crippen LogP contribution in [-0.2, 0) is 14.3 Å². The van der Waals surface area contributed by atoms with Gasteiger partial charge in [0.15, 0.2) is 6.04 Å². The Hall–Kier alpha value is -3.23. The third kappa shape index (κ3) is 4.93. The van der Waals surface area contributed by atoms with Gasteiger partial charge in [-0.05, 0) is 39.8 Å². The molecule has 0 radical (unpaired) electrons. The molecule has 2 atom stereocenters. The molecule has 1 aromatic heterocycles. The summed E-state index contributed by atoms with van der Waals surface area (Å²) < 4.78 is 11.6. The maximum absolute atomic E-state index is 13.2. The Balaban J connectivity index is 2.53. The topological polar surface area (TPSA) is 104 Å². The van der Waals surface area contributed by atoms with Gasteiger partial charge in [0, 0.05) is 5.56 Å². The Morgan fingerprint density at radius 2 is 1.79 bits per heavy atom. The lowest BCUT2D eigenvalue weighted by Crippen LogP contribution is -2.54. The largest absolute Gasteiger partial charge is 0.467 e. The SMILES string of the molecule is COC(=O)C(C(C)n1cncn1)N(C(=O)OC(C)(C)C)C(=O)c1ccccc1. The first-order chi connectivity index (χ1) is 13.2. The van der Waals surface area contributed by atoms with Crippen LogP contribution in [0.15, 0.2) is 43.0 Å². The number of carbonyl (C=O) groups is 3. The van der Waals surface area contributed by atoms with Crippen LogP contribution in [0.2, 0.25) is 0 Å². The average molecular weight is 388 g/mol. The molecule has 9 heteroatoms. The first kappa shape index (κ1) is 21.1. The van der Waals surface area contributed by atoms with E-state index in [1.807, 2.05) is 0 Å². The molecule has 0 spiro atoms. The fraction of sp³-hybridized carbons (Fsp3) is 0.421. The minimum Gasteiger partial charge on any atom is -0.467 e. The molecule has 1 heterocycles. The third-order valence-corrected chi connectivity index (χ3v) is 3.86. The molecule has 0 aliphatic rings. The molecule has 0 bridgehead atoms. The van der Waals surface area contributed by atoms with Gasteiger partial charge in [-0.1, -0.05) is 18.2 Å². The summed E-state index contributed by atoms with van der Waals surface area (Å²) in [5.41, 5.74) is -0.642. The number of benzene rings is 1. The Morgan fingerprint density at radius 3 is 2.29 bits per heavy atom. The van der Waals surface area contributed by atoms with Gasteiger partial charge in [-0.15, -0.1) is 0 Å². The van der Waals surface area contributed by atoms with E-state index in [9.17, 15) is 14.4 Å². The van der Waals surface area contributed by atoms with Crippen molar-refractivity contribution in [3.8, 4) is 0 Å². The van der Waals surface area contributed by atoms with E-state index in [0.29, 0.717) is 0 Å². The number of hydrogen-bond donors (Lipinski definition) is 0. The maximum atomic E-state index is 13.2. The molecule has 28 heavy (non-hydrogen) atoms. The summed E-state index contributed by atoms with van der Waals surface area (Å²) in [6.45, 7) is 6.64. The number of carbonyl (C=O) groups excluding carboxylic acids is 3. The van der Waals surface area contributed by atoms with E-state index in [1.165, 1.54) is 24.4 Å². The van der Waals surface area contributed by atoms with E-state index in [2.05, 4.69) is 10.1 Å². The number of methoxy groups -OCH3 is 1. The molecule has 2 amide bonds. The second-order valence-corrected chi connectivity index (χ2v) is 7.11. The highest BCUT2D eigenvalue weighted by atomic mass is 16.6. The molecule has 0 saturated heterocycles. The van der Waals surface area contributed by atoms with Crippen LogP contribution >= 0.6 is 0 Å². The lowest BCUT2D eigenvalue weighted by Gasteiger charge is -2.33. The summed E-state index contributed by atoms with van der Waals surface area (Å²) in [6.07, 6.45) is 1.73. The van der Waals surface area contributed by atoms with Crippen molar-refractivity contribution in [3.63, 3.8) is 0 Å². The predicted molar refractivity (Wildman–Crippen MR) is 99.4 cm³/mol. The molecule has 0 N–H and O–H groups in total. The van der Waals surface area contributed by atoms with Gasteiger partial charge in [0.1, 0.15) is 18.3 Å². The number of nitrogens with zero attached hydrogens (tertiary/aromatic N) is 4. The molecule has 0 aliphatic carbocycles. The summed E-state index contributed by atoms with van der Waals surface area (Å²) >= 11 is 0. The zero-order chi connectivity index (χ0) is 20.9. The quantitative estimate of drug-likeness (QED) is 0.725. The molecular weight excluding hydrogens is 364 g/mol. The van der Waals surface area contributed by atoms with Crippen molar-refractivity contribution in [2.45, 2.75) is 45.4 Å². The highest BCUT2D eigenvalue weighted by Gasteiger charge is 2.43. The Kier molecular flexibility index (Phi) is 6.50. The van der Waals surface area contributed by atoms with Crippen LogP contribution < -0.4 is 0 Å². The highest BCUT2D eigenvalue weighted by Crippen LogP contribution is 2.23. The summed E-state index contributed by atoms with van der Waals surface area (Å²) in [7, 11) is 1.18. The van der Waals surface area contributed by atoms with Crippen LogP contribution in [0.3, 0.4) is 0 Å². The van der Waals surface area contributed by atoms with Crippen LogP contribution in [0.1, 0.15) is 44.1 Å². The molecule has 2 unspecified atom stereocenters. The van der Waals surface area contributed by atoms with Crippen molar-refractivity contribution < 1.29 is 23.9 Å². The molecule has 1 aromatic carbocycles. The van der Waals surface area contributed by atoms with Crippen molar-refractivity contribution in [2.75, 3.05) is 7.11 Å².